The number of halogens is 1. The number of pyridine rings is 1. The van der Waals surface area contributed by atoms with Gasteiger partial charge in [-0.25, -0.2) is 0 Å². The maximum Gasteiger partial charge on any atom is 0.259 e. The van der Waals surface area contributed by atoms with Crippen molar-refractivity contribution >= 4 is 27.5 Å². The normalized spacial score (nSPS) is 13.7. The van der Waals surface area contributed by atoms with Gasteiger partial charge in [0.25, 0.3) is 5.91 Å². The Balaban J connectivity index is 2.04. The molecule has 4 nitrogen and oxygen atoms in total. The molecule has 0 bridgehead atoms. The molecule has 21 heavy (non-hydrogen) atoms. The van der Waals surface area contributed by atoms with Gasteiger partial charge in [-0.1, -0.05) is 12.1 Å². The first kappa shape index (κ1) is 14.1. The van der Waals surface area contributed by atoms with E-state index in [1.807, 2.05) is 12.1 Å². The Morgan fingerprint density at radius 1 is 1.38 bits per heavy atom. The molecule has 0 radical (unpaired) electrons. The monoisotopic (exact) mass is 346 g/mol. The number of benzene rings is 1. The van der Waals surface area contributed by atoms with Gasteiger partial charge in [0.2, 0.25) is 0 Å². The molecule has 0 fully saturated rings. The number of hydrogen-bond acceptors (Lipinski definition) is 3. The first-order valence-electron chi connectivity index (χ1n) is 6.79. The van der Waals surface area contributed by atoms with Gasteiger partial charge in [0.1, 0.15) is 5.75 Å². The average molecular weight is 347 g/mol. The Hall–Kier alpha value is -1.88. The zero-order valence-electron chi connectivity index (χ0n) is 11.7. The van der Waals surface area contributed by atoms with Gasteiger partial charge in [0.05, 0.1) is 18.4 Å². The summed E-state index contributed by atoms with van der Waals surface area (Å²) in [4.78, 5) is 18.7. The third-order valence-electron chi connectivity index (χ3n) is 3.60. The van der Waals surface area contributed by atoms with Crippen LogP contribution in [0.5, 0.6) is 5.75 Å². The van der Waals surface area contributed by atoms with Crippen molar-refractivity contribution in [3.05, 3.63) is 52.3 Å². The van der Waals surface area contributed by atoms with Crippen LogP contribution < -0.4 is 9.64 Å². The van der Waals surface area contributed by atoms with Crippen LogP contribution in [-0.2, 0) is 6.42 Å². The van der Waals surface area contributed by atoms with Crippen molar-refractivity contribution in [2.45, 2.75) is 12.8 Å². The van der Waals surface area contributed by atoms with Gasteiger partial charge in [-0.3, -0.25) is 9.78 Å². The summed E-state index contributed by atoms with van der Waals surface area (Å²) in [5.41, 5.74) is 2.61. The van der Waals surface area contributed by atoms with Crippen molar-refractivity contribution in [3.8, 4) is 5.75 Å². The van der Waals surface area contributed by atoms with E-state index in [1.165, 1.54) is 0 Å². The van der Waals surface area contributed by atoms with Crippen molar-refractivity contribution in [2.75, 3.05) is 18.6 Å². The van der Waals surface area contributed by atoms with Crippen LogP contribution in [0.1, 0.15) is 22.3 Å². The maximum absolute atomic E-state index is 12.8. The minimum atomic E-state index is -0.0470. The molecule has 2 heterocycles. The standard InChI is InChI=1S/C16H15BrN2O2/c1-21-14-6-2-4-11-5-3-7-19(15(11)14)16(20)12-8-13(17)10-18-9-12/h2,4,6,8-10H,3,5,7H2,1H3. The molecule has 0 saturated carbocycles. The van der Waals surface area contributed by atoms with Gasteiger partial charge in [-0.05, 0) is 46.5 Å². The molecule has 3 rings (SSSR count). The summed E-state index contributed by atoms with van der Waals surface area (Å²) in [6, 6.07) is 7.70. The summed E-state index contributed by atoms with van der Waals surface area (Å²) in [6.45, 7) is 0.693. The first-order valence-corrected chi connectivity index (χ1v) is 7.58. The van der Waals surface area contributed by atoms with Gasteiger partial charge in [0, 0.05) is 23.4 Å². The number of nitrogens with zero attached hydrogens (tertiary/aromatic N) is 2. The molecule has 1 amide bonds. The number of amides is 1. The van der Waals surface area contributed by atoms with Crippen LogP contribution in [0, 0.1) is 0 Å². The Bertz CT molecular complexity index is 673. The third kappa shape index (κ3) is 2.65. The first-order chi connectivity index (χ1) is 10.2. The second-order valence-corrected chi connectivity index (χ2v) is 5.84. The number of carbonyl (C=O) groups is 1. The highest BCUT2D eigenvalue weighted by Gasteiger charge is 2.26. The van der Waals surface area contributed by atoms with E-state index >= 15 is 0 Å². The number of carbonyl (C=O) groups excluding carboxylic acids is 1. The molecule has 2 aromatic rings. The Labute approximate surface area is 131 Å². The lowest BCUT2D eigenvalue weighted by molar-refractivity contribution is 0.0984. The molecule has 0 saturated heterocycles. The summed E-state index contributed by atoms with van der Waals surface area (Å²) in [5, 5.41) is 0. The Kier molecular flexibility index (Phi) is 3.92. The predicted octanol–water partition coefficient (Wildman–Crippen LogP) is 3.45. The molecule has 1 aromatic carbocycles. The van der Waals surface area contributed by atoms with Gasteiger partial charge in [-0.2, -0.15) is 0 Å². The minimum Gasteiger partial charge on any atom is -0.495 e. The van der Waals surface area contributed by atoms with Crippen LogP contribution in [0.25, 0.3) is 0 Å². The molecule has 1 aliphatic heterocycles. The number of fused-ring (bicyclic) bond motifs is 1. The van der Waals surface area contributed by atoms with Crippen LogP contribution in [-0.4, -0.2) is 24.5 Å². The highest BCUT2D eigenvalue weighted by molar-refractivity contribution is 9.10. The average Bonchev–Trinajstić information content (AvgIpc) is 2.53. The molecule has 108 valence electrons. The lowest BCUT2D eigenvalue weighted by Crippen LogP contribution is -2.35. The second-order valence-electron chi connectivity index (χ2n) is 4.92. The number of hydrogen-bond donors (Lipinski definition) is 0. The Morgan fingerprint density at radius 3 is 3.00 bits per heavy atom. The summed E-state index contributed by atoms with van der Waals surface area (Å²) < 4.78 is 6.23. The van der Waals surface area contributed by atoms with E-state index in [9.17, 15) is 4.79 Å². The van der Waals surface area contributed by atoms with E-state index in [0.29, 0.717) is 12.1 Å². The highest BCUT2D eigenvalue weighted by Crippen LogP contribution is 2.36. The number of aromatic nitrogens is 1. The van der Waals surface area contributed by atoms with Gasteiger partial charge >= 0.3 is 0 Å². The number of aryl methyl sites for hydroxylation is 1. The van der Waals surface area contributed by atoms with E-state index in [4.69, 9.17) is 4.74 Å². The van der Waals surface area contributed by atoms with Crippen LogP contribution >= 0.6 is 15.9 Å². The molecule has 1 aliphatic rings. The molecule has 0 unspecified atom stereocenters. The van der Waals surface area contributed by atoms with E-state index in [2.05, 4.69) is 27.0 Å². The summed E-state index contributed by atoms with van der Waals surface area (Å²) in [5.74, 6) is 0.692. The molecule has 0 atom stereocenters. The second kappa shape index (κ2) is 5.85. The largest absolute Gasteiger partial charge is 0.495 e. The smallest absolute Gasteiger partial charge is 0.259 e. The Morgan fingerprint density at radius 2 is 2.24 bits per heavy atom. The molecule has 0 spiro atoms. The summed E-state index contributed by atoms with van der Waals surface area (Å²) >= 11 is 3.36. The van der Waals surface area contributed by atoms with Crippen molar-refractivity contribution in [2.24, 2.45) is 0 Å². The van der Waals surface area contributed by atoms with Crippen molar-refractivity contribution in [3.63, 3.8) is 0 Å². The number of para-hydroxylation sites is 1. The lowest BCUT2D eigenvalue weighted by atomic mass is 10.00. The number of rotatable bonds is 2. The number of anilines is 1. The predicted molar refractivity (Wildman–Crippen MR) is 84.9 cm³/mol. The van der Waals surface area contributed by atoms with Crippen LogP contribution in [0.3, 0.4) is 0 Å². The van der Waals surface area contributed by atoms with E-state index in [1.54, 1.807) is 30.5 Å². The van der Waals surface area contributed by atoms with Crippen LogP contribution in [0.15, 0.2) is 41.1 Å². The molecular weight excluding hydrogens is 332 g/mol. The quantitative estimate of drug-likeness (QED) is 0.836. The zero-order chi connectivity index (χ0) is 14.8. The molecule has 5 heteroatoms. The van der Waals surface area contributed by atoms with E-state index < -0.39 is 0 Å². The number of ether oxygens (including phenoxy) is 1. The molecule has 1 aromatic heterocycles. The highest BCUT2D eigenvalue weighted by atomic mass is 79.9. The van der Waals surface area contributed by atoms with Gasteiger partial charge in [0.15, 0.2) is 0 Å². The van der Waals surface area contributed by atoms with Crippen molar-refractivity contribution in [1.29, 1.82) is 0 Å². The molecule has 0 N–H and O–H groups in total. The zero-order valence-corrected chi connectivity index (χ0v) is 13.3. The van der Waals surface area contributed by atoms with Gasteiger partial charge < -0.3 is 9.64 Å². The molecular formula is C16H15BrN2O2. The van der Waals surface area contributed by atoms with Crippen LogP contribution in [0.4, 0.5) is 5.69 Å². The fourth-order valence-electron chi connectivity index (χ4n) is 2.67. The fraction of sp³-hybridized carbons (Fsp3) is 0.250. The SMILES string of the molecule is COc1cccc2c1N(C(=O)c1cncc(Br)c1)CCC2. The summed E-state index contributed by atoms with van der Waals surface area (Å²) in [6.07, 6.45) is 5.18. The number of methoxy groups -OCH3 is 1. The molecule has 0 aliphatic carbocycles. The lowest BCUT2D eigenvalue weighted by Gasteiger charge is -2.30. The van der Waals surface area contributed by atoms with Crippen LogP contribution in [0.2, 0.25) is 0 Å². The topological polar surface area (TPSA) is 42.4 Å². The summed E-state index contributed by atoms with van der Waals surface area (Å²) in [7, 11) is 1.63. The third-order valence-corrected chi connectivity index (χ3v) is 4.03. The maximum atomic E-state index is 12.8. The van der Waals surface area contributed by atoms with Gasteiger partial charge in [-0.15, -0.1) is 0 Å². The van der Waals surface area contributed by atoms with Crippen molar-refractivity contribution < 1.29 is 9.53 Å². The fourth-order valence-corrected chi connectivity index (χ4v) is 3.03. The van der Waals surface area contributed by atoms with E-state index in [0.717, 1.165) is 34.3 Å². The minimum absolute atomic E-state index is 0.0470. The van der Waals surface area contributed by atoms with E-state index in [-0.39, 0.29) is 5.91 Å². The van der Waals surface area contributed by atoms with Crippen molar-refractivity contribution in [1.82, 2.24) is 4.98 Å².